The van der Waals surface area contributed by atoms with Gasteiger partial charge in [-0.15, -0.1) is 0 Å². The van der Waals surface area contributed by atoms with Crippen LogP contribution in [0.3, 0.4) is 0 Å². The SMILES string of the molecule is CN1CCN(C(=O)C2CN(CC=Cc3ccccc3)CCN2)CC1. The molecule has 3 rings (SSSR count). The predicted molar refractivity (Wildman–Crippen MR) is 97.8 cm³/mol. The minimum atomic E-state index is -0.0627. The van der Waals surface area contributed by atoms with E-state index in [1.54, 1.807) is 0 Å². The number of nitrogens with one attached hydrogen (secondary N) is 1. The predicted octanol–water partition coefficient (Wildman–Crippen LogP) is 0.748. The van der Waals surface area contributed by atoms with Crippen molar-refractivity contribution in [1.82, 2.24) is 20.0 Å². The molecule has 0 aromatic heterocycles. The fraction of sp³-hybridized carbons (Fsp3) is 0.526. The van der Waals surface area contributed by atoms with Crippen molar-refractivity contribution in [3.63, 3.8) is 0 Å². The highest BCUT2D eigenvalue weighted by molar-refractivity contribution is 5.82. The largest absolute Gasteiger partial charge is 0.339 e. The van der Waals surface area contributed by atoms with Crippen molar-refractivity contribution in [1.29, 1.82) is 0 Å². The highest BCUT2D eigenvalue weighted by Crippen LogP contribution is 2.07. The van der Waals surface area contributed by atoms with Crippen LogP contribution in [-0.2, 0) is 4.79 Å². The first kappa shape index (κ1) is 17.1. The van der Waals surface area contributed by atoms with Crippen molar-refractivity contribution in [2.75, 3.05) is 59.4 Å². The molecule has 2 aliphatic heterocycles. The maximum absolute atomic E-state index is 12.7. The first-order valence-corrected chi connectivity index (χ1v) is 8.87. The van der Waals surface area contributed by atoms with Crippen LogP contribution in [0.5, 0.6) is 0 Å². The zero-order chi connectivity index (χ0) is 16.8. The number of piperazine rings is 2. The number of hydrogen-bond donors (Lipinski definition) is 1. The lowest BCUT2D eigenvalue weighted by Crippen LogP contribution is -2.60. The lowest BCUT2D eigenvalue weighted by atomic mass is 10.1. The van der Waals surface area contributed by atoms with Crippen molar-refractivity contribution in [3.05, 3.63) is 42.0 Å². The summed E-state index contributed by atoms with van der Waals surface area (Å²) in [6.45, 7) is 7.20. The van der Waals surface area contributed by atoms with Gasteiger partial charge in [-0.25, -0.2) is 0 Å². The number of rotatable bonds is 4. The molecule has 1 atom stereocenters. The van der Waals surface area contributed by atoms with Crippen LogP contribution >= 0.6 is 0 Å². The van der Waals surface area contributed by atoms with Gasteiger partial charge in [-0.05, 0) is 12.6 Å². The molecule has 1 N–H and O–H groups in total. The molecule has 1 amide bonds. The van der Waals surface area contributed by atoms with Crippen molar-refractivity contribution in [2.45, 2.75) is 6.04 Å². The Bertz CT molecular complexity index is 552. The van der Waals surface area contributed by atoms with Crippen molar-refractivity contribution in [2.24, 2.45) is 0 Å². The Morgan fingerprint density at radius 2 is 1.92 bits per heavy atom. The number of likely N-dealkylation sites (N-methyl/N-ethyl adjacent to an activating group) is 1. The fourth-order valence-electron chi connectivity index (χ4n) is 3.29. The topological polar surface area (TPSA) is 38.8 Å². The van der Waals surface area contributed by atoms with Gasteiger partial charge in [0.1, 0.15) is 0 Å². The Labute approximate surface area is 144 Å². The highest BCUT2D eigenvalue weighted by Gasteiger charge is 2.29. The van der Waals surface area contributed by atoms with Crippen LogP contribution in [0.2, 0.25) is 0 Å². The molecule has 0 radical (unpaired) electrons. The van der Waals surface area contributed by atoms with E-state index in [1.165, 1.54) is 5.56 Å². The minimum absolute atomic E-state index is 0.0627. The Kier molecular flexibility index (Phi) is 6.01. The van der Waals surface area contributed by atoms with E-state index in [-0.39, 0.29) is 11.9 Å². The molecule has 1 unspecified atom stereocenters. The zero-order valence-electron chi connectivity index (χ0n) is 14.5. The molecule has 24 heavy (non-hydrogen) atoms. The van der Waals surface area contributed by atoms with Gasteiger partial charge in [-0.3, -0.25) is 9.69 Å². The van der Waals surface area contributed by atoms with Gasteiger partial charge in [0.2, 0.25) is 5.91 Å². The van der Waals surface area contributed by atoms with Crippen molar-refractivity contribution in [3.8, 4) is 0 Å². The van der Waals surface area contributed by atoms with Crippen molar-refractivity contribution >= 4 is 12.0 Å². The van der Waals surface area contributed by atoms with E-state index in [9.17, 15) is 4.79 Å². The molecule has 2 fully saturated rings. The van der Waals surface area contributed by atoms with E-state index in [0.717, 1.165) is 52.4 Å². The Hall–Kier alpha value is -1.69. The Morgan fingerprint density at radius 3 is 2.67 bits per heavy atom. The smallest absolute Gasteiger partial charge is 0.241 e. The molecule has 2 aliphatic rings. The number of amides is 1. The second-order valence-electron chi connectivity index (χ2n) is 6.71. The van der Waals surface area contributed by atoms with Gasteiger partial charge in [0.25, 0.3) is 0 Å². The molecule has 2 saturated heterocycles. The summed E-state index contributed by atoms with van der Waals surface area (Å²) in [5.41, 5.74) is 1.22. The third-order valence-corrected chi connectivity index (χ3v) is 4.85. The summed E-state index contributed by atoms with van der Waals surface area (Å²) in [4.78, 5) is 19.3. The number of carbonyl (C=O) groups is 1. The van der Waals surface area contributed by atoms with Crippen LogP contribution in [0.1, 0.15) is 5.56 Å². The van der Waals surface area contributed by atoms with Gasteiger partial charge in [0, 0.05) is 52.4 Å². The fourth-order valence-corrected chi connectivity index (χ4v) is 3.29. The summed E-state index contributed by atoms with van der Waals surface area (Å²) in [5.74, 6) is 0.264. The first-order chi connectivity index (χ1) is 11.7. The zero-order valence-corrected chi connectivity index (χ0v) is 14.5. The Balaban J connectivity index is 1.49. The van der Waals surface area contributed by atoms with Gasteiger partial charge in [0.05, 0.1) is 6.04 Å². The van der Waals surface area contributed by atoms with Gasteiger partial charge in [-0.2, -0.15) is 0 Å². The number of hydrogen-bond acceptors (Lipinski definition) is 4. The average Bonchev–Trinajstić information content (AvgIpc) is 2.63. The number of carbonyl (C=O) groups excluding carboxylic acids is 1. The highest BCUT2D eigenvalue weighted by atomic mass is 16.2. The molecule has 0 bridgehead atoms. The van der Waals surface area contributed by atoms with Crippen LogP contribution in [0.15, 0.2) is 36.4 Å². The third-order valence-electron chi connectivity index (χ3n) is 4.85. The molecule has 0 aliphatic carbocycles. The second-order valence-corrected chi connectivity index (χ2v) is 6.71. The molecule has 0 saturated carbocycles. The average molecular weight is 328 g/mol. The van der Waals surface area contributed by atoms with Crippen molar-refractivity contribution < 1.29 is 4.79 Å². The van der Waals surface area contributed by atoms with E-state index in [4.69, 9.17) is 0 Å². The molecule has 2 heterocycles. The molecular weight excluding hydrogens is 300 g/mol. The maximum Gasteiger partial charge on any atom is 0.241 e. The van der Waals surface area contributed by atoms with Crippen LogP contribution in [-0.4, -0.2) is 86.1 Å². The van der Waals surface area contributed by atoms with E-state index in [2.05, 4.69) is 58.6 Å². The molecule has 0 spiro atoms. The molecule has 5 nitrogen and oxygen atoms in total. The molecule has 1 aromatic carbocycles. The van der Waals surface area contributed by atoms with Crippen LogP contribution < -0.4 is 5.32 Å². The van der Waals surface area contributed by atoms with Crippen LogP contribution in [0.25, 0.3) is 6.08 Å². The number of benzene rings is 1. The summed E-state index contributed by atoms with van der Waals surface area (Å²) in [6.07, 6.45) is 4.34. The standard InChI is InChI=1S/C19H28N4O/c1-21-12-14-23(15-13-21)19(24)18-16-22(11-9-20-18)10-5-8-17-6-3-2-4-7-17/h2-8,18,20H,9-16H2,1H3. The third kappa shape index (κ3) is 4.66. The van der Waals surface area contributed by atoms with Gasteiger partial charge < -0.3 is 15.1 Å². The summed E-state index contributed by atoms with van der Waals surface area (Å²) in [6, 6.07) is 10.3. The maximum atomic E-state index is 12.7. The Morgan fingerprint density at radius 1 is 1.17 bits per heavy atom. The van der Waals surface area contributed by atoms with Crippen LogP contribution in [0.4, 0.5) is 0 Å². The minimum Gasteiger partial charge on any atom is -0.339 e. The number of nitrogens with zero attached hydrogens (tertiary/aromatic N) is 3. The van der Waals surface area contributed by atoms with Gasteiger partial charge in [-0.1, -0.05) is 42.5 Å². The van der Waals surface area contributed by atoms with E-state index in [1.807, 2.05) is 11.0 Å². The normalized spacial score (nSPS) is 23.7. The summed E-state index contributed by atoms with van der Waals surface area (Å²) >= 11 is 0. The molecular formula is C19H28N4O. The first-order valence-electron chi connectivity index (χ1n) is 8.87. The van der Waals surface area contributed by atoms with Gasteiger partial charge >= 0.3 is 0 Å². The van der Waals surface area contributed by atoms with E-state index < -0.39 is 0 Å². The molecule has 130 valence electrons. The molecule has 5 heteroatoms. The van der Waals surface area contributed by atoms with E-state index in [0.29, 0.717) is 0 Å². The summed E-state index contributed by atoms with van der Waals surface area (Å²) in [7, 11) is 2.11. The van der Waals surface area contributed by atoms with E-state index >= 15 is 0 Å². The molecule has 1 aromatic rings. The lowest BCUT2D eigenvalue weighted by molar-refractivity contribution is -0.136. The second kappa shape index (κ2) is 8.42. The quantitative estimate of drug-likeness (QED) is 0.885. The summed E-state index contributed by atoms with van der Waals surface area (Å²) < 4.78 is 0. The van der Waals surface area contributed by atoms with Gasteiger partial charge in [0.15, 0.2) is 0 Å². The lowest BCUT2D eigenvalue weighted by Gasteiger charge is -2.38. The summed E-state index contributed by atoms with van der Waals surface area (Å²) in [5, 5.41) is 3.39. The van der Waals surface area contributed by atoms with Crippen LogP contribution in [0, 0.1) is 0 Å². The monoisotopic (exact) mass is 328 g/mol.